The number of carbonyl (C=O) groups is 2. The monoisotopic (exact) mass is 707 g/mol. The van der Waals surface area contributed by atoms with Gasteiger partial charge in [0.2, 0.25) is 10.0 Å². The summed E-state index contributed by atoms with van der Waals surface area (Å²) < 4.78 is 54.6. The number of hydrogen-bond donors (Lipinski definition) is 4. The van der Waals surface area contributed by atoms with Gasteiger partial charge in [0.05, 0.1) is 34.0 Å². The highest BCUT2D eigenvalue weighted by molar-refractivity contribution is 7.89. The van der Waals surface area contributed by atoms with E-state index >= 15 is 0 Å². The Bertz CT molecular complexity index is 1670. The Labute approximate surface area is 285 Å². The lowest BCUT2D eigenvalue weighted by Crippen LogP contribution is -2.44. The van der Waals surface area contributed by atoms with Crippen molar-refractivity contribution in [3.8, 4) is 10.4 Å². The van der Waals surface area contributed by atoms with Gasteiger partial charge in [-0.3, -0.25) is 0 Å². The Kier molecular flexibility index (Phi) is 11.9. The van der Waals surface area contributed by atoms with Crippen LogP contribution in [0.3, 0.4) is 0 Å². The van der Waals surface area contributed by atoms with E-state index in [1.165, 1.54) is 23.5 Å². The number of sulfonamides is 1. The Morgan fingerprint density at radius 1 is 1.09 bits per heavy atom. The van der Waals surface area contributed by atoms with E-state index in [1.54, 1.807) is 64.2 Å². The third-order valence-electron chi connectivity index (χ3n) is 7.76. The van der Waals surface area contributed by atoms with Crippen molar-refractivity contribution in [1.29, 1.82) is 0 Å². The number of ether oxygens (including phenoxy) is 2. The number of nitrogens with one attached hydrogen (secondary N) is 4. The maximum atomic E-state index is 14.2. The van der Waals surface area contributed by atoms with Gasteiger partial charge >= 0.3 is 12.1 Å². The molecule has 0 spiro atoms. The molecule has 1 saturated carbocycles. The molecule has 0 unspecified atom stereocenters. The van der Waals surface area contributed by atoms with Gasteiger partial charge in [0.1, 0.15) is 5.82 Å². The molecule has 0 radical (unpaired) electrons. The molecule has 1 aliphatic heterocycles. The van der Waals surface area contributed by atoms with Crippen molar-refractivity contribution in [3.63, 3.8) is 0 Å². The van der Waals surface area contributed by atoms with Crippen molar-refractivity contribution >= 4 is 52.7 Å². The van der Waals surface area contributed by atoms with Crippen LogP contribution in [0.1, 0.15) is 75.9 Å². The number of aromatic nitrogens is 1. The molecule has 15 heteroatoms. The lowest BCUT2D eigenvalue weighted by atomic mass is 9.86. The average molecular weight is 708 g/mol. The fourth-order valence-electron chi connectivity index (χ4n) is 5.47. The molecular weight excluding hydrogens is 666 g/mol. The maximum absolute atomic E-state index is 14.2. The van der Waals surface area contributed by atoms with E-state index in [1.807, 2.05) is 0 Å². The van der Waals surface area contributed by atoms with Crippen molar-refractivity contribution in [2.24, 2.45) is 0 Å². The molecule has 11 nitrogen and oxygen atoms in total. The smallest absolute Gasteiger partial charge is 0.407 e. The first kappa shape index (κ1) is 36.6. The van der Waals surface area contributed by atoms with Crippen LogP contribution < -0.4 is 20.7 Å². The Balaban J connectivity index is 0.00000500. The predicted octanol–water partition coefficient (Wildman–Crippen LogP) is 6.17. The van der Waals surface area contributed by atoms with Gasteiger partial charge in [-0.15, -0.1) is 11.3 Å². The molecule has 256 valence electrons. The first-order chi connectivity index (χ1) is 21.8. The summed E-state index contributed by atoms with van der Waals surface area (Å²) in [5.41, 5.74) is 0.299. The van der Waals surface area contributed by atoms with Crippen LogP contribution in [0.2, 0.25) is 0 Å². The molecule has 2 heterocycles. The van der Waals surface area contributed by atoms with Gasteiger partial charge in [-0.2, -0.15) is 13.5 Å². The van der Waals surface area contributed by atoms with Crippen LogP contribution in [0.25, 0.3) is 10.4 Å². The minimum atomic E-state index is -4.02. The zero-order valence-corrected chi connectivity index (χ0v) is 29.4. The van der Waals surface area contributed by atoms with Gasteiger partial charge in [-0.1, -0.05) is 24.3 Å². The van der Waals surface area contributed by atoms with E-state index < -0.39 is 39.5 Å². The number of alkyl carbamates (subject to hydrolysis) is 1. The quantitative estimate of drug-likeness (QED) is 0.208. The molecule has 1 saturated heterocycles. The third-order valence-corrected chi connectivity index (χ3v) is 10.7. The molecule has 2 aliphatic rings. The average Bonchev–Trinajstić information content (AvgIpc) is 3.44. The van der Waals surface area contributed by atoms with E-state index in [0.717, 1.165) is 30.7 Å². The van der Waals surface area contributed by atoms with Crippen LogP contribution in [-0.4, -0.2) is 56.4 Å². The number of carbonyl (C=O) groups excluding carboxylic acids is 2. The molecule has 5 rings (SSSR count). The number of urea groups is 1. The number of amides is 3. The number of hydrogen-bond acceptors (Lipinski definition) is 8. The molecule has 1 aromatic heterocycles. The highest BCUT2D eigenvalue weighted by atomic mass is 32.2. The molecule has 3 aromatic rings. The number of nitrogens with zero attached hydrogens (tertiary/aromatic N) is 1. The summed E-state index contributed by atoms with van der Waals surface area (Å²) in [6, 6.07) is 9.67. The highest BCUT2D eigenvalue weighted by Gasteiger charge is 2.30. The molecule has 0 bridgehead atoms. The number of halogens is 1. The summed E-state index contributed by atoms with van der Waals surface area (Å²) in [5, 5.41) is 9.23. The summed E-state index contributed by atoms with van der Waals surface area (Å²) in [6.45, 7) is 7.79. The highest BCUT2D eigenvalue weighted by Crippen LogP contribution is 2.40. The predicted molar refractivity (Wildman–Crippen MR) is 184 cm³/mol. The number of anilines is 1. The topological polar surface area (TPSA) is 148 Å². The summed E-state index contributed by atoms with van der Waals surface area (Å²) in [6.07, 6.45) is 4.31. The zero-order chi connectivity index (χ0) is 33.1. The van der Waals surface area contributed by atoms with Crippen molar-refractivity contribution in [2.45, 2.75) is 87.9 Å². The fourth-order valence-corrected chi connectivity index (χ4v) is 8.33. The minimum Gasteiger partial charge on any atom is -0.441 e. The molecule has 1 atom stereocenters. The second-order valence-electron chi connectivity index (χ2n) is 12.7. The van der Waals surface area contributed by atoms with Crippen LogP contribution >= 0.6 is 24.8 Å². The van der Waals surface area contributed by atoms with Gasteiger partial charge < -0.3 is 25.4 Å². The summed E-state index contributed by atoms with van der Waals surface area (Å²) >= 11 is 1.44. The van der Waals surface area contributed by atoms with Gasteiger partial charge in [0.25, 0.3) is 0 Å². The van der Waals surface area contributed by atoms with E-state index in [4.69, 9.17) is 9.47 Å². The lowest BCUT2D eigenvalue weighted by molar-refractivity contribution is -0.0985. The Hall–Kier alpha value is -3.24. The third kappa shape index (κ3) is 9.66. The van der Waals surface area contributed by atoms with Crippen molar-refractivity contribution in [2.75, 3.05) is 18.5 Å². The molecule has 2 fully saturated rings. The summed E-state index contributed by atoms with van der Waals surface area (Å²) in [4.78, 5) is 30.3. The van der Waals surface area contributed by atoms with Crippen LogP contribution in [0.5, 0.6) is 0 Å². The Morgan fingerprint density at radius 2 is 1.79 bits per heavy atom. The van der Waals surface area contributed by atoms with Crippen molar-refractivity contribution < 1.29 is 31.9 Å². The molecule has 4 N–H and O–H groups in total. The standard InChI is InChI=1S/C32H40FN5O6S2.H2S/c1-19(24-7-5-6-8-26(24)33)35-30(39)36-22-13-14-25(28(15-22)46(41,42)38-32(2,3)4)27-16-34-29(45-27)20-9-11-21(12-10-20)37-31(40)44-23-17-43-18-23;/h5-8,13-16,19-21,23,38H,9-12,17-18H2,1-4H3,(H,37,40)(H2,35,36,39);1H2/t19-,20?,21?;/m0./s1. The van der Waals surface area contributed by atoms with Gasteiger partial charge in [-0.25, -0.2) is 32.1 Å². The molecule has 47 heavy (non-hydrogen) atoms. The minimum absolute atomic E-state index is 0. The van der Waals surface area contributed by atoms with Crippen LogP contribution in [-0.2, 0) is 19.5 Å². The van der Waals surface area contributed by atoms with Gasteiger partial charge in [-0.05, 0) is 71.6 Å². The van der Waals surface area contributed by atoms with E-state index in [9.17, 15) is 22.4 Å². The lowest BCUT2D eigenvalue weighted by Gasteiger charge is -2.30. The first-order valence-electron chi connectivity index (χ1n) is 15.3. The second kappa shape index (κ2) is 15.3. The summed E-state index contributed by atoms with van der Waals surface area (Å²) in [7, 11) is -4.02. The van der Waals surface area contributed by atoms with Crippen molar-refractivity contribution in [1.82, 2.24) is 20.3 Å². The SMILES string of the molecule is C[C@H](NC(=O)Nc1ccc(-c2cnc(C3CCC(NC(=O)OC4COC4)CC3)s2)c(S(=O)(=O)NC(C)(C)C)c1)c1ccccc1F.S. The molecule has 1 aliphatic carbocycles. The van der Waals surface area contributed by atoms with Gasteiger partial charge in [0.15, 0.2) is 6.10 Å². The molecule has 2 aromatic carbocycles. The Morgan fingerprint density at radius 3 is 2.43 bits per heavy atom. The zero-order valence-electron chi connectivity index (χ0n) is 26.8. The number of rotatable bonds is 9. The van der Waals surface area contributed by atoms with E-state index in [2.05, 4.69) is 25.7 Å². The maximum Gasteiger partial charge on any atom is 0.407 e. The van der Waals surface area contributed by atoms with Crippen molar-refractivity contribution in [3.05, 3.63) is 65.0 Å². The fraction of sp³-hybridized carbons (Fsp3) is 0.469. The number of thiazole rings is 1. The first-order valence-corrected chi connectivity index (χ1v) is 17.6. The van der Waals surface area contributed by atoms with Gasteiger partial charge in [0, 0.05) is 40.5 Å². The van der Waals surface area contributed by atoms with E-state index in [0.29, 0.717) is 29.2 Å². The molecule has 3 amide bonds. The van der Waals surface area contributed by atoms with E-state index in [-0.39, 0.29) is 42.1 Å². The molecular formula is C32H42FN5O6S3. The summed E-state index contributed by atoms with van der Waals surface area (Å²) in [5.74, 6) is -0.253. The van der Waals surface area contributed by atoms with Crippen LogP contribution in [0, 0.1) is 5.82 Å². The normalized spacial score (nSPS) is 19.1. The van der Waals surface area contributed by atoms with Crippen LogP contribution in [0.4, 0.5) is 19.7 Å². The number of benzene rings is 2. The largest absolute Gasteiger partial charge is 0.441 e. The second-order valence-corrected chi connectivity index (χ2v) is 15.4. The van der Waals surface area contributed by atoms with Crippen LogP contribution in [0.15, 0.2) is 53.6 Å².